The highest BCUT2D eigenvalue weighted by atomic mass is 16.5. The van der Waals surface area contributed by atoms with Gasteiger partial charge in [-0.25, -0.2) is 0 Å². The van der Waals surface area contributed by atoms with Crippen LogP contribution in [0, 0.1) is 19.8 Å². The Hall–Kier alpha value is -3.51. The maximum atomic E-state index is 13.2. The van der Waals surface area contributed by atoms with Crippen molar-refractivity contribution in [2.24, 2.45) is 5.92 Å². The van der Waals surface area contributed by atoms with E-state index in [1.807, 2.05) is 74.5 Å². The van der Waals surface area contributed by atoms with Gasteiger partial charge in [0, 0.05) is 55.6 Å². The normalized spacial score (nSPS) is 17.0. The van der Waals surface area contributed by atoms with Gasteiger partial charge >= 0.3 is 0 Å². The minimum atomic E-state index is -0.0599. The van der Waals surface area contributed by atoms with Crippen molar-refractivity contribution in [3.63, 3.8) is 0 Å². The van der Waals surface area contributed by atoms with Crippen molar-refractivity contribution in [1.82, 2.24) is 10.2 Å². The molecule has 1 heterocycles. The number of hydrogen-bond acceptors (Lipinski definition) is 5. The number of carbonyl (C=O) groups excluding carboxylic acids is 1. The monoisotopic (exact) mass is 501 g/mol. The third kappa shape index (κ3) is 6.83. The first-order valence-electron chi connectivity index (χ1n) is 13.1. The number of piperazine rings is 1. The minimum Gasteiger partial charge on any atom is -0.508 e. The van der Waals surface area contributed by atoms with Crippen LogP contribution in [0.4, 0.5) is 5.69 Å². The molecule has 1 aliphatic heterocycles. The van der Waals surface area contributed by atoms with Crippen LogP contribution in [0.25, 0.3) is 0 Å². The van der Waals surface area contributed by atoms with Gasteiger partial charge in [-0.1, -0.05) is 32.0 Å². The summed E-state index contributed by atoms with van der Waals surface area (Å²) in [5.41, 5.74) is 3.75. The molecule has 0 radical (unpaired) electrons. The molecule has 0 saturated carbocycles. The summed E-state index contributed by atoms with van der Waals surface area (Å²) >= 11 is 0. The van der Waals surface area contributed by atoms with Crippen molar-refractivity contribution in [3.05, 3.63) is 83.4 Å². The molecule has 6 heteroatoms. The highest BCUT2D eigenvalue weighted by molar-refractivity contribution is 5.94. The zero-order valence-corrected chi connectivity index (χ0v) is 22.6. The van der Waals surface area contributed by atoms with Crippen LogP contribution < -0.4 is 15.0 Å². The van der Waals surface area contributed by atoms with Gasteiger partial charge in [0.2, 0.25) is 0 Å². The lowest BCUT2D eigenvalue weighted by Gasteiger charge is -2.42. The van der Waals surface area contributed by atoms with E-state index in [0.29, 0.717) is 23.3 Å². The zero-order chi connectivity index (χ0) is 26.5. The van der Waals surface area contributed by atoms with Crippen LogP contribution in [0.3, 0.4) is 0 Å². The largest absolute Gasteiger partial charge is 0.508 e. The maximum Gasteiger partial charge on any atom is 0.251 e. The Bertz CT molecular complexity index is 1230. The van der Waals surface area contributed by atoms with Gasteiger partial charge in [0.1, 0.15) is 17.2 Å². The molecular weight excluding hydrogens is 462 g/mol. The summed E-state index contributed by atoms with van der Waals surface area (Å²) < 4.78 is 6.05. The molecular formula is C31H39N3O3. The Kier molecular flexibility index (Phi) is 8.39. The predicted octanol–water partition coefficient (Wildman–Crippen LogP) is 5.77. The summed E-state index contributed by atoms with van der Waals surface area (Å²) in [5, 5.41) is 13.1. The Morgan fingerprint density at radius 3 is 2.51 bits per heavy atom. The molecule has 0 aromatic heterocycles. The second kappa shape index (κ2) is 11.7. The van der Waals surface area contributed by atoms with Crippen molar-refractivity contribution < 1.29 is 14.6 Å². The fourth-order valence-corrected chi connectivity index (χ4v) is 4.92. The number of nitrogens with zero attached hydrogens (tertiary/aromatic N) is 2. The van der Waals surface area contributed by atoms with Gasteiger partial charge in [-0.2, -0.15) is 0 Å². The number of benzene rings is 3. The average molecular weight is 502 g/mol. The fraction of sp³-hybridized carbons (Fsp3) is 0.387. The number of phenolic OH excluding ortho intramolecular Hbond substituents is 1. The first-order valence-corrected chi connectivity index (χ1v) is 13.1. The summed E-state index contributed by atoms with van der Waals surface area (Å²) in [4.78, 5) is 18.0. The van der Waals surface area contributed by atoms with E-state index < -0.39 is 0 Å². The van der Waals surface area contributed by atoms with Crippen LogP contribution in [0.1, 0.15) is 42.3 Å². The number of nitrogens with one attached hydrogen (secondary N) is 1. The van der Waals surface area contributed by atoms with E-state index in [1.165, 1.54) is 0 Å². The van der Waals surface area contributed by atoms with Crippen LogP contribution >= 0.6 is 0 Å². The van der Waals surface area contributed by atoms with E-state index in [9.17, 15) is 9.90 Å². The van der Waals surface area contributed by atoms with E-state index in [1.54, 1.807) is 6.07 Å². The van der Waals surface area contributed by atoms with Crippen LogP contribution in [0.5, 0.6) is 17.2 Å². The lowest BCUT2D eigenvalue weighted by atomic mass is 10.0. The number of aromatic hydroxyl groups is 1. The third-order valence-electron chi connectivity index (χ3n) is 7.10. The molecule has 0 bridgehead atoms. The maximum absolute atomic E-state index is 13.2. The Morgan fingerprint density at radius 1 is 1.05 bits per heavy atom. The summed E-state index contributed by atoms with van der Waals surface area (Å²) in [6, 6.07) is 21.3. The first-order chi connectivity index (χ1) is 17.7. The van der Waals surface area contributed by atoms with Gasteiger partial charge in [-0.15, -0.1) is 0 Å². The summed E-state index contributed by atoms with van der Waals surface area (Å²) in [5.74, 6) is 2.07. The second-order valence-corrected chi connectivity index (χ2v) is 10.5. The van der Waals surface area contributed by atoms with Gasteiger partial charge in [0.25, 0.3) is 5.91 Å². The Labute approximate surface area is 220 Å². The Balaban J connectivity index is 1.37. The van der Waals surface area contributed by atoms with Crippen LogP contribution in [0.2, 0.25) is 0 Å². The molecule has 3 aromatic carbocycles. The highest BCUT2D eigenvalue weighted by Crippen LogP contribution is 2.27. The van der Waals surface area contributed by atoms with Gasteiger partial charge < -0.3 is 20.1 Å². The molecule has 1 fully saturated rings. The summed E-state index contributed by atoms with van der Waals surface area (Å²) in [6.45, 7) is 14.0. The minimum absolute atomic E-state index is 0.0375. The van der Waals surface area contributed by atoms with E-state index in [-0.39, 0.29) is 11.9 Å². The molecule has 37 heavy (non-hydrogen) atoms. The fourth-order valence-electron chi connectivity index (χ4n) is 4.92. The molecule has 6 nitrogen and oxygen atoms in total. The Morgan fingerprint density at radius 2 is 1.84 bits per heavy atom. The quantitative estimate of drug-likeness (QED) is 0.410. The van der Waals surface area contributed by atoms with Gasteiger partial charge in [-0.3, -0.25) is 9.69 Å². The predicted molar refractivity (Wildman–Crippen MR) is 150 cm³/mol. The zero-order valence-electron chi connectivity index (χ0n) is 22.6. The molecule has 3 aromatic rings. The molecule has 0 spiro atoms. The molecule has 2 atom stereocenters. The lowest BCUT2D eigenvalue weighted by Crippen LogP contribution is -2.56. The number of anilines is 1. The molecule has 1 saturated heterocycles. The molecule has 196 valence electrons. The number of amides is 1. The number of aryl methyl sites for hydroxylation is 2. The summed E-state index contributed by atoms with van der Waals surface area (Å²) in [7, 11) is 0. The summed E-state index contributed by atoms with van der Waals surface area (Å²) in [6.07, 6.45) is 0. The third-order valence-corrected chi connectivity index (χ3v) is 7.10. The first kappa shape index (κ1) is 26.6. The SMILES string of the molecule is Cc1cccc(Oc2ccc(C(=O)N[C@H](CN3CCN(c4cccc(O)c4)C(C)C3)C(C)C)cc2C)c1. The number of carbonyl (C=O) groups is 1. The molecule has 2 N–H and O–H groups in total. The standard InChI is InChI=1S/C31H39N3O3/c1-21(2)29(20-33-14-15-34(24(5)19-33)26-9-7-10-27(35)18-26)32-31(36)25-12-13-30(23(4)17-25)37-28-11-6-8-22(3)16-28/h6-13,16-18,21,24,29,35H,14-15,19-20H2,1-5H3,(H,32,36)/t24?,29-/m1/s1. The van der Waals surface area contributed by atoms with E-state index >= 15 is 0 Å². The van der Waals surface area contributed by atoms with Crippen LogP contribution in [0.15, 0.2) is 66.7 Å². The van der Waals surface area contributed by atoms with Crippen molar-refractivity contribution >= 4 is 11.6 Å². The number of phenols is 1. The topological polar surface area (TPSA) is 65.0 Å². The van der Waals surface area contributed by atoms with Crippen LogP contribution in [-0.4, -0.2) is 54.2 Å². The van der Waals surface area contributed by atoms with E-state index in [2.05, 4.69) is 35.9 Å². The van der Waals surface area contributed by atoms with Crippen molar-refractivity contribution in [2.75, 3.05) is 31.1 Å². The molecule has 1 aliphatic rings. The smallest absolute Gasteiger partial charge is 0.251 e. The lowest BCUT2D eigenvalue weighted by molar-refractivity contribution is 0.0903. The number of hydrogen-bond donors (Lipinski definition) is 2. The molecule has 1 amide bonds. The van der Waals surface area contributed by atoms with Crippen molar-refractivity contribution in [1.29, 1.82) is 0 Å². The second-order valence-electron chi connectivity index (χ2n) is 10.5. The molecule has 0 aliphatic carbocycles. The van der Waals surface area contributed by atoms with Gasteiger partial charge in [-0.05, 0) is 80.3 Å². The van der Waals surface area contributed by atoms with Crippen molar-refractivity contribution in [2.45, 2.75) is 46.7 Å². The number of ether oxygens (including phenoxy) is 1. The average Bonchev–Trinajstić information content (AvgIpc) is 2.85. The highest BCUT2D eigenvalue weighted by Gasteiger charge is 2.27. The number of rotatable bonds is 8. The van der Waals surface area contributed by atoms with Crippen LogP contribution in [-0.2, 0) is 0 Å². The van der Waals surface area contributed by atoms with Crippen molar-refractivity contribution in [3.8, 4) is 17.2 Å². The van der Waals surface area contributed by atoms with Gasteiger partial charge in [0.05, 0.1) is 0 Å². The van der Waals surface area contributed by atoms with E-state index in [0.717, 1.165) is 54.5 Å². The molecule has 4 rings (SSSR count). The molecule has 1 unspecified atom stereocenters. The van der Waals surface area contributed by atoms with E-state index in [4.69, 9.17) is 4.74 Å². The van der Waals surface area contributed by atoms with Gasteiger partial charge in [0.15, 0.2) is 0 Å².